The van der Waals surface area contributed by atoms with Crippen LogP contribution in [-0.4, -0.2) is 46.8 Å². The molecule has 102 valence electrons. The Labute approximate surface area is 112 Å². The summed E-state index contributed by atoms with van der Waals surface area (Å²) >= 11 is 0. The van der Waals surface area contributed by atoms with E-state index in [9.17, 15) is 4.79 Å². The molecule has 5 nitrogen and oxygen atoms in total. The molecule has 2 aromatic rings. The first-order valence-corrected chi connectivity index (χ1v) is 6.85. The molecule has 1 N–H and O–H groups in total. The number of fused-ring (bicyclic) bond motifs is 1. The van der Waals surface area contributed by atoms with Crippen LogP contribution in [0, 0.1) is 0 Å². The van der Waals surface area contributed by atoms with Crippen molar-refractivity contribution in [2.75, 3.05) is 32.7 Å². The number of benzene rings is 1. The van der Waals surface area contributed by atoms with Gasteiger partial charge in [-0.1, -0.05) is 12.1 Å². The number of hydrogen-bond donors (Lipinski definition) is 1. The molecule has 0 spiro atoms. The molecule has 0 bridgehead atoms. The normalized spacial score (nSPS) is 17.1. The second kappa shape index (κ2) is 5.19. The lowest BCUT2D eigenvalue weighted by atomic mass is 10.3. The van der Waals surface area contributed by atoms with E-state index in [-0.39, 0.29) is 5.69 Å². The number of hydrogen-bond acceptors (Lipinski definition) is 3. The van der Waals surface area contributed by atoms with Crippen LogP contribution in [0.25, 0.3) is 11.0 Å². The lowest BCUT2D eigenvalue weighted by Crippen LogP contribution is -2.45. The SMILES string of the molecule is Cn1c(=O)n(CCN2CCNCC2)c2ccccc21. The maximum Gasteiger partial charge on any atom is 0.328 e. The van der Waals surface area contributed by atoms with Crippen molar-refractivity contribution in [3.63, 3.8) is 0 Å². The number of nitrogens with zero attached hydrogens (tertiary/aromatic N) is 3. The molecular weight excluding hydrogens is 240 g/mol. The zero-order chi connectivity index (χ0) is 13.2. The number of rotatable bonds is 3. The second-order valence-corrected chi connectivity index (χ2v) is 5.07. The van der Waals surface area contributed by atoms with Gasteiger partial charge in [-0.3, -0.25) is 14.0 Å². The highest BCUT2D eigenvalue weighted by molar-refractivity contribution is 5.75. The highest BCUT2D eigenvalue weighted by Gasteiger charge is 2.13. The summed E-state index contributed by atoms with van der Waals surface area (Å²) in [4.78, 5) is 14.7. The van der Waals surface area contributed by atoms with Gasteiger partial charge in [0, 0.05) is 46.3 Å². The zero-order valence-corrected chi connectivity index (χ0v) is 11.3. The summed E-state index contributed by atoms with van der Waals surface area (Å²) in [6.07, 6.45) is 0. The molecule has 1 saturated heterocycles. The number of piperazine rings is 1. The highest BCUT2D eigenvalue weighted by atomic mass is 16.1. The lowest BCUT2D eigenvalue weighted by Gasteiger charge is -2.27. The Morgan fingerprint density at radius 1 is 1.11 bits per heavy atom. The highest BCUT2D eigenvalue weighted by Crippen LogP contribution is 2.11. The quantitative estimate of drug-likeness (QED) is 0.860. The van der Waals surface area contributed by atoms with Crippen LogP contribution < -0.4 is 11.0 Å². The van der Waals surface area contributed by atoms with Crippen LogP contribution in [0.4, 0.5) is 0 Å². The standard InChI is InChI=1S/C14H20N4O/c1-16-12-4-2-3-5-13(12)18(14(16)19)11-10-17-8-6-15-7-9-17/h2-5,15H,6-11H2,1H3. The predicted octanol–water partition coefficient (Wildman–Crippen LogP) is 0.245. The smallest absolute Gasteiger partial charge is 0.314 e. The van der Waals surface area contributed by atoms with E-state index in [1.165, 1.54) is 0 Å². The molecule has 1 aliphatic rings. The average molecular weight is 260 g/mol. The minimum Gasteiger partial charge on any atom is -0.314 e. The Balaban J connectivity index is 1.84. The van der Waals surface area contributed by atoms with E-state index < -0.39 is 0 Å². The summed E-state index contributed by atoms with van der Waals surface area (Å²) in [5.41, 5.74) is 2.12. The van der Waals surface area contributed by atoms with Crippen molar-refractivity contribution in [1.82, 2.24) is 19.4 Å². The van der Waals surface area contributed by atoms with Crippen LogP contribution in [-0.2, 0) is 13.6 Å². The third-order valence-corrected chi connectivity index (χ3v) is 3.90. The van der Waals surface area contributed by atoms with Crippen molar-refractivity contribution in [2.45, 2.75) is 6.54 Å². The molecule has 1 aromatic heterocycles. The maximum atomic E-state index is 12.3. The summed E-state index contributed by atoms with van der Waals surface area (Å²) in [6.45, 7) is 5.93. The molecule has 0 saturated carbocycles. The summed E-state index contributed by atoms with van der Waals surface area (Å²) in [7, 11) is 1.84. The minimum atomic E-state index is 0.0799. The van der Waals surface area contributed by atoms with Gasteiger partial charge in [0.2, 0.25) is 0 Å². The molecule has 3 rings (SSSR count). The van der Waals surface area contributed by atoms with Crippen molar-refractivity contribution in [3.8, 4) is 0 Å². The molecule has 0 atom stereocenters. The molecule has 1 fully saturated rings. The van der Waals surface area contributed by atoms with Crippen LogP contribution in [0.2, 0.25) is 0 Å². The molecule has 0 unspecified atom stereocenters. The number of aryl methyl sites for hydroxylation is 1. The van der Waals surface area contributed by atoms with Crippen molar-refractivity contribution in [3.05, 3.63) is 34.7 Å². The number of aromatic nitrogens is 2. The fraction of sp³-hybridized carbons (Fsp3) is 0.500. The van der Waals surface area contributed by atoms with Crippen LogP contribution >= 0.6 is 0 Å². The van der Waals surface area contributed by atoms with E-state index in [1.54, 1.807) is 4.57 Å². The Hall–Kier alpha value is -1.59. The van der Waals surface area contributed by atoms with Gasteiger partial charge in [-0.2, -0.15) is 0 Å². The number of nitrogens with one attached hydrogen (secondary N) is 1. The van der Waals surface area contributed by atoms with Gasteiger partial charge in [0.15, 0.2) is 0 Å². The van der Waals surface area contributed by atoms with E-state index in [4.69, 9.17) is 0 Å². The van der Waals surface area contributed by atoms with Gasteiger partial charge in [0.25, 0.3) is 0 Å². The first-order valence-electron chi connectivity index (χ1n) is 6.85. The molecule has 1 aromatic carbocycles. The van der Waals surface area contributed by atoms with Crippen molar-refractivity contribution in [1.29, 1.82) is 0 Å². The van der Waals surface area contributed by atoms with Gasteiger partial charge in [0.05, 0.1) is 11.0 Å². The topological polar surface area (TPSA) is 42.2 Å². The minimum absolute atomic E-state index is 0.0799. The molecule has 5 heteroatoms. The third-order valence-electron chi connectivity index (χ3n) is 3.90. The zero-order valence-electron chi connectivity index (χ0n) is 11.3. The van der Waals surface area contributed by atoms with Crippen LogP contribution in [0.15, 0.2) is 29.1 Å². The largest absolute Gasteiger partial charge is 0.328 e. The van der Waals surface area contributed by atoms with Crippen molar-refractivity contribution in [2.24, 2.45) is 7.05 Å². The van der Waals surface area contributed by atoms with E-state index >= 15 is 0 Å². The fourth-order valence-corrected chi connectivity index (χ4v) is 2.76. The van der Waals surface area contributed by atoms with E-state index in [0.717, 1.165) is 50.3 Å². The predicted molar refractivity (Wildman–Crippen MR) is 76.5 cm³/mol. The average Bonchev–Trinajstić information content (AvgIpc) is 2.71. The van der Waals surface area contributed by atoms with Crippen LogP contribution in [0.3, 0.4) is 0 Å². The Morgan fingerprint density at radius 2 is 1.79 bits per heavy atom. The fourth-order valence-electron chi connectivity index (χ4n) is 2.76. The van der Waals surface area contributed by atoms with E-state index in [0.29, 0.717) is 0 Å². The van der Waals surface area contributed by atoms with Gasteiger partial charge >= 0.3 is 5.69 Å². The Morgan fingerprint density at radius 3 is 2.53 bits per heavy atom. The van der Waals surface area contributed by atoms with Gasteiger partial charge < -0.3 is 5.32 Å². The summed E-state index contributed by atoms with van der Waals surface area (Å²) in [5, 5.41) is 3.34. The monoisotopic (exact) mass is 260 g/mol. The van der Waals surface area contributed by atoms with Crippen LogP contribution in [0.5, 0.6) is 0 Å². The van der Waals surface area contributed by atoms with Crippen molar-refractivity contribution < 1.29 is 0 Å². The van der Waals surface area contributed by atoms with E-state index in [2.05, 4.69) is 10.2 Å². The molecular formula is C14H20N4O. The van der Waals surface area contributed by atoms with Gasteiger partial charge in [-0.05, 0) is 12.1 Å². The number of para-hydroxylation sites is 2. The lowest BCUT2D eigenvalue weighted by molar-refractivity contribution is 0.232. The first kappa shape index (κ1) is 12.4. The molecule has 0 radical (unpaired) electrons. The molecule has 0 aliphatic carbocycles. The summed E-state index contributed by atoms with van der Waals surface area (Å²) < 4.78 is 3.62. The molecule has 1 aliphatic heterocycles. The van der Waals surface area contributed by atoms with E-state index in [1.807, 2.05) is 35.9 Å². The summed E-state index contributed by atoms with van der Waals surface area (Å²) in [5.74, 6) is 0. The third kappa shape index (κ3) is 2.31. The number of imidazole rings is 1. The second-order valence-electron chi connectivity index (χ2n) is 5.07. The molecule has 0 amide bonds. The first-order chi connectivity index (χ1) is 9.27. The Bertz CT molecular complexity index is 622. The maximum absolute atomic E-state index is 12.3. The Kier molecular flexibility index (Phi) is 3.40. The van der Waals surface area contributed by atoms with Crippen molar-refractivity contribution >= 4 is 11.0 Å². The van der Waals surface area contributed by atoms with Gasteiger partial charge in [-0.25, -0.2) is 4.79 Å². The van der Waals surface area contributed by atoms with Gasteiger partial charge in [0.1, 0.15) is 0 Å². The molecule has 19 heavy (non-hydrogen) atoms. The van der Waals surface area contributed by atoms with Crippen LogP contribution in [0.1, 0.15) is 0 Å². The summed E-state index contributed by atoms with van der Waals surface area (Å²) in [6, 6.07) is 7.98. The van der Waals surface area contributed by atoms with Gasteiger partial charge in [-0.15, -0.1) is 0 Å². The molecule has 2 heterocycles.